The van der Waals surface area contributed by atoms with Crippen molar-refractivity contribution in [1.29, 1.82) is 0 Å². The smallest absolute Gasteiger partial charge is 0.294 e. The van der Waals surface area contributed by atoms with E-state index in [2.05, 4.69) is 25.5 Å². The largest absolute Gasteiger partial charge is 0.494 e. The molecular weight excluding hydrogens is 490 g/mol. The van der Waals surface area contributed by atoms with Gasteiger partial charge in [-0.1, -0.05) is 43.7 Å². The Kier molecular flexibility index (Phi) is 8.68. The van der Waals surface area contributed by atoms with Crippen molar-refractivity contribution in [3.05, 3.63) is 53.2 Å². The number of nitrogens with one attached hydrogen (secondary N) is 2. The molecule has 9 heteroatoms. The summed E-state index contributed by atoms with van der Waals surface area (Å²) in [4.78, 5) is 20.2. The first kappa shape index (κ1) is 25.7. The third-order valence-corrected chi connectivity index (χ3v) is 7.67. The van der Waals surface area contributed by atoms with Gasteiger partial charge in [0.25, 0.3) is 5.91 Å². The minimum atomic E-state index is -0.372. The molecule has 8 nitrogen and oxygen atoms in total. The topological polar surface area (TPSA) is 102 Å². The van der Waals surface area contributed by atoms with Crippen LogP contribution in [-0.4, -0.2) is 45.9 Å². The molecule has 2 fully saturated rings. The highest BCUT2D eigenvalue weighted by atomic mass is 35.5. The SMILES string of the molecule is O=C(Nc1cc(-c2cc(OCCC3CCOCC3)ccc2Cl)ccn1)c1nnc(CC2CCCCC2)[nH]1. The lowest BCUT2D eigenvalue weighted by atomic mass is 9.87. The first-order valence-corrected chi connectivity index (χ1v) is 13.7. The van der Waals surface area contributed by atoms with Crippen molar-refractivity contribution < 1.29 is 14.3 Å². The van der Waals surface area contributed by atoms with Crippen LogP contribution in [0.4, 0.5) is 5.82 Å². The molecule has 0 bridgehead atoms. The second-order valence-electron chi connectivity index (χ2n) is 10.0. The Morgan fingerprint density at radius 3 is 2.73 bits per heavy atom. The van der Waals surface area contributed by atoms with Gasteiger partial charge in [0, 0.05) is 36.4 Å². The van der Waals surface area contributed by atoms with Crippen molar-refractivity contribution in [2.75, 3.05) is 25.1 Å². The Labute approximate surface area is 222 Å². The lowest BCUT2D eigenvalue weighted by molar-refractivity contribution is 0.0593. The zero-order chi connectivity index (χ0) is 25.5. The fraction of sp³-hybridized carbons (Fsp3) is 0.500. The van der Waals surface area contributed by atoms with Crippen molar-refractivity contribution in [3.8, 4) is 16.9 Å². The van der Waals surface area contributed by atoms with Gasteiger partial charge in [0.15, 0.2) is 0 Å². The van der Waals surface area contributed by atoms with E-state index in [0.29, 0.717) is 29.3 Å². The lowest BCUT2D eigenvalue weighted by Gasteiger charge is -2.21. The molecule has 2 N–H and O–H groups in total. The minimum absolute atomic E-state index is 0.191. The molecule has 37 heavy (non-hydrogen) atoms. The maximum atomic E-state index is 12.8. The number of aromatic nitrogens is 4. The second-order valence-corrected chi connectivity index (χ2v) is 10.5. The van der Waals surface area contributed by atoms with E-state index in [1.807, 2.05) is 24.3 Å². The Hall–Kier alpha value is -2.97. The summed E-state index contributed by atoms with van der Waals surface area (Å²) in [6.45, 7) is 2.34. The number of carbonyl (C=O) groups is 1. The number of hydrogen-bond donors (Lipinski definition) is 2. The van der Waals surface area contributed by atoms with E-state index in [-0.39, 0.29) is 11.7 Å². The number of aromatic amines is 1. The maximum Gasteiger partial charge on any atom is 0.294 e. The Morgan fingerprint density at radius 2 is 1.89 bits per heavy atom. The maximum absolute atomic E-state index is 12.8. The fourth-order valence-electron chi connectivity index (χ4n) is 5.19. The van der Waals surface area contributed by atoms with E-state index in [9.17, 15) is 4.79 Å². The standard InChI is InChI=1S/C28H34ClN5O3/c29-24-7-6-22(37-15-11-19-9-13-36-14-10-19)18-23(24)21-8-12-30-25(17-21)32-28(35)27-31-26(33-34-27)16-20-4-2-1-3-5-20/h6-8,12,17-20H,1-5,9-11,13-16H2,(H,30,32,35)(H,31,33,34). The van der Waals surface area contributed by atoms with Crippen LogP contribution in [0.15, 0.2) is 36.5 Å². The summed E-state index contributed by atoms with van der Waals surface area (Å²) >= 11 is 6.52. The Balaban J connectivity index is 1.20. The number of ether oxygens (including phenoxy) is 2. The van der Waals surface area contributed by atoms with Crippen LogP contribution in [0, 0.1) is 11.8 Å². The summed E-state index contributed by atoms with van der Waals surface area (Å²) in [5, 5.41) is 11.7. The van der Waals surface area contributed by atoms with Gasteiger partial charge in [-0.2, -0.15) is 0 Å². The van der Waals surface area contributed by atoms with E-state index < -0.39 is 0 Å². The Bertz CT molecular complexity index is 1190. The van der Waals surface area contributed by atoms with Crippen LogP contribution in [0.1, 0.15) is 67.8 Å². The van der Waals surface area contributed by atoms with Crippen LogP contribution in [0.5, 0.6) is 5.75 Å². The van der Waals surface area contributed by atoms with E-state index in [1.54, 1.807) is 12.3 Å². The highest BCUT2D eigenvalue weighted by Crippen LogP contribution is 2.33. The molecule has 1 aliphatic heterocycles. The molecule has 0 spiro atoms. The molecule has 0 atom stereocenters. The normalized spacial score (nSPS) is 17.0. The zero-order valence-corrected chi connectivity index (χ0v) is 21.8. The summed E-state index contributed by atoms with van der Waals surface area (Å²) in [6, 6.07) is 9.31. The number of rotatable bonds is 9. The van der Waals surface area contributed by atoms with Crippen molar-refractivity contribution in [3.63, 3.8) is 0 Å². The average Bonchev–Trinajstić information content (AvgIpc) is 3.40. The number of anilines is 1. The average molecular weight is 524 g/mol. The van der Waals surface area contributed by atoms with E-state index in [0.717, 1.165) is 61.6 Å². The van der Waals surface area contributed by atoms with Gasteiger partial charge in [-0.25, -0.2) is 4.98 Å². The zero-order valence-electron chi connectivity index (χ0n) is 21.0. The van der Waals surface area contributed by atoms with E-state index in [1.165, 1.54) is 32.1 Å². The molecule has 0 unspecified atom stereocenters. The minimum Gasteiger partial charge on any atom is -0.494 e. The summed E-state index contributed by atoms with van der Waals surface area (Å²) in [5.41, 5.74) is 1.65. The van der Waals surface area contributed by atoms with Crippen molar-refractivity contribution >= 4 is 23.3 Å². The van der Waals surface area contributed by atoms with Crippen LogP contribution in [0.25, 0.3) is 11.1 Å². The monoisotopic (exact) mass is 523 g/mol. The number of benzene rings is 1. The molecule has 2 aromatic heterocycles. The van der Waals surface area contributed by atoms with Crippen molar-refractivity contribution in [1.82, 2.24) is 20.2 Å². The van der Waals surface area contributed by atoms with Crippen LogP contribution < -0.4 is 10.1 Å². The summed E-state index contributed by atoms with van der Waals surface area (Å²) < 4.78 is 11.5. The number of halogens is 1. The predicted molar refractivity (Wildman–Crippen MR) is 143 cm³/mol. The van der Waals surface area contributed by atoms with Gasteiger partial charge in [-0.05, 0) is 67.0 Å². The highest BCUT2D eigenvalue weighted by molar-refractivity contribution is 6.33. The Morgan fingerprint density at radius 1 is 1.05 bits per heavy atom. The van der Waals surface area contributed by atoms with Crippen molar-refractivity contribution in [2.24, 2.45) is 11.8 Å². The third-order valence-electron chi connectivity index (χ3n) is 7.34. The molecule has 1 aromatic carbocycles. The molecule has 5 rings (SSSR count). The summed E-state index contributed by atoms with van der Waals surface area (Å²) in [6.07, 6.45) is 11.9. The van der Waals surface area contributed by atoms with Gasteiger partial charge in [-0.3, -0.25) is 4.79 Å². The van der Waals surface area contributed by atoms with Gasteiger partial charge in [-0.15, -0.1) is 10.2 Å². The molecule has 1 aliphatic carbocycles. The van der Waals surface area contributed by atoms with E-state index >= 15 is 0 Å². The molecule has 2 aliphatic rings. The molecule has 0 radical (unpaired) electrons. The number of hydrogen-bond acceptors (Lipinski definition) is 6. The van der Waals surface area contributed by atoms with Gasteiger partial charge in [0.1, 0.15) is 17.4 Å². The number of H-pyrrole nitrogens is 1. The second kappa shape index (κ2) is 12.5. The first-order chi connectivity index (χ1) is 18.1. The molecule has 1 amide bonds. The quantitative estimate of drug-likeness (QED) is 0.352. The lowest BCUT2D eigenvalue weighted by Crippen LogP contribution is -2.17. The van der Waals surface area contributed by atoms with Crippen molar-refractivity contribution in [2.45, 2.75) is 57.8 Å². The number of nitrogens with zero attached hydrogens (tertiary/aromatic N) is 3. The molecule has 196 valence electrons. The van der Waals surface area contributed by atoms with Crippen LogP contribution >= 0.6 is 11.6 Å². The highest BCUT2D eigenvalue weighted by Gasteiger charge is 2.19. The fourth-order valence-corrected chi connectivity index (χ4v) is 5.42. The molecule has 3 aromatic rings. The van der Waals surface area contributed by atoms with Gasteiger partial charge >= 0.3 is 0 Å². The predicted octanol–water partition coefficient (Wildman–Crippen LogP) is 6.09. The first-order valence-electron chi connectivity index (χ1n) is 13.3. The van der Waals surface area contributed by atoms with Gasteiger partial charge in [0.2, 0.25) is 5.82 Å². The van der Waals surface area contributed by atoms with Gasteiger partial charge < -0.3 is 19.8 Å². The summed E-state index contributed by atoms with van der Waals surface area (Å²) in [5.74, 6) is 3.02. The summed E-state index contributed by atoms with van der Waals surface area (Å²) in [7, 11) is 0. The van der Waals surface area contributed by atoms with Gasteiger partial charge in [0.05, 0.1) is 6.61 Å². The molecule has 1 saturated carbocycles. The molecule has 3 heterocycles. The number of pyridine rings is 1. The third kappa shape index (κ3) is 7.08. The van der Waals surface area contributed by atoms with E-state index in [4.69, 9.17) is 21.1 Å². The van der Waals surface area contributed by atoms with Crippen LogP contribution in [-0.2, 0) is 11.2 Å². The number of carbonyl (C=O) groups excluding carboxylic acids is 1. The molecule has 1 saturated heterocycles. The van der Waals surface area contributed by atoms with Crippen LogP contribution in [0.3, 0.4) is 0 Å². The van der Waals surface area contributed by atoms with Crippen LogP contribution in [0.2, 0.25) is 5.02 Å². The number of amides is 1. The molecular formula is C28H34ClN5O3.